The molecule has 2 nitrogen and oxygen atoms in total. The molecule has 1 N–H and O–H groups in total. The molecule has 1 amide bonds. The van der Waals surface area contributed by atoms with E-state index in [1.54, 1.807) is 24.3 Å². The molecule has 1 aliphatic carbocycles. The third kappa shape index (κ3) is 2.83. The first kappa shape index (κ1) is 14.5. The maximum Gasteiger partial charge on any atom is 0.235 e. The normalized spacial score (nSPS) is 15.6. The van der Waals surface area contributed by atoms with Crippen molar-refractivity contribution in [1.29, 1.82) is 0 Å². The number of anilines is 1. The van der Waals surface area contributed by atoms with Crippen molar-refractivity contribution in [3.8, 4) is 0 Å². The van der Waals surface area contributed by atoms with Gasteiger partial charge in [-0.05, 0) is 48.7 Å². The highest BCUT2D eigenvalue weighted by Gasteiger charge is 2.51. The standard InChI is InChI=1S/C16H12BrClFNO/c17-11-3-6-14(13(19)9-11)20-15(21)16(7-8-16)10-1-4-12(18)5-2-10/h1-6,9H,7-8H2,(H,20,21). The quantitative estimate of drug-likeness (QED) is 0.819. The van der Waals surface area contributed by atoms with E-state index in [-0.39, 0.29) is 11.6 Å². The van der Waals surface area contributed by atoms with Gasteiger partial charge in [-0.2, -0.15) is 0 Å². The molecule has 0 saturated heterocycles. The van der Waals surface area contributed by atoms with E-state index in [4.69, 9.17) is 11.6 Å². The molecule has 0 radical (unpaired) electrons. The first-order chi connectivity index (χ1) is 10.0. The van der Waals surface area contributed by atoms with Gasteiger partial charge in [0.05, 0.1) is 11.1 Å². The second kappa shape index (κ2) is 5.43. The summed E-state index contributed by atoms with van der Waals surface area (Å²) in [5.74, 6) is -0.629. The molecule has 0 unspecified atom stereocenters. The van der Waals surface area contributed by atoms with Gasteiger partial charge >= 0.3 is 0 Å². The van der Waals surface area contributed by atoms with Crippen molar-refractivity contribution in [1.82, 2.24) is 0 Å². The third-order valence-electron chi connectivity index (χ3n) is 3.76. The van der Waals surface area contributed by atoms with Crippen LogP contribution in [0.3, 0.4) is 0 Å². The minimum Gasteiger partial charge on any atom is -0.323 e. The van der Waals surface area contributed by atoms with E-state index in [0.717, 1.165) is 18.4 Å². The Kier molecular flexibility index (Phi) is 3.76. The number of benzene rings is 2. The van der Waals surface area contributed by atoms with Crippen molar-refractivity contribution >= 4 is 39.1 Å². The van der Waals surface area contributed by atoms with E-state index >= 15 is 0 Å². The molecule has 0 heterocycles. The molecule has 108 valence electrons. The molecule has 0 aromatic heterocycles. The van der Waals surface area contributed by atoms with Gasteiger partial charge in [0, 0.05) is 9.50 Å². The highest BCUT2D eigenvalue weighted by atomic mass is 79.9. The molecule has 0 atom stereocenters. The average Bonchev–Trinajstić information content (AvgIpc) is 3.24. The number of amides is 1. The average molecular weight is 369 g/mol. The van der Waals surface area contributed by atoms with Gasteiger partial charge in [-0.3, -0.25) is 4.79 Å². The SMILES string of the molecule is O=C(Nc1ccc(Br)cc1F)C1(c2ccc(Cl)cc2)CC1. The number of rotatable bonds is 3. The van der Waals surface area contributed by atoms with Crippen LogP contribution in [0.25, 0.3) is 0 Å². The fourth-order valence-electron chi connectivity index (χ4n) is 2.37. The van der Waals surface area contributed by atoms with Crippen LogP contribution in [-0.2, 0) is 10.2 Å². The van der Waals surface area contributed by atoms with Crippen molar-refractivity contribution in [3.63, 3.8) is 0 Å². The molecule has 0 spiro atoms. The molecule has 1 fully saturated rings. The van der Waals surface area contributed by atoms with Crippen molar-refractivity contribution in [2.75, 3.05) is 5.32 Å². The fraction of sp³-hybridized carbons (Fsp3) is 0.188. The molecule has 5 heteroatoms. The van der Waals surface area contributed by atoms with Gasteiger partial charge in [-0.1, -0.05) is 39.7 Å². The second-order valence-corrected chi connectivity index (χ2v) is 6.52. The Hall–Kier alpha value is -1.39. The summed E-state index contributed by atoms with van der Waals surface area (Å²) in [5.41, 5.74) is 0.565. The predicted molar refractivity (Wildman–Crippen MR) is 85.1 cm³/mol. The lowest BCUT2D eigenvalue weighted by atomic mass is 9.95. The Bertz CT molecular complexity index is 698. The lowest BCUT2D eigenvalue weighted by molar-refractivity contribution is -0.118. The van der Waals surface area contributed by atoms with E-state index in [1.165, 1.54) is 6.07 Å². The summed E-state index contributed by atoms with van der Waals surface area (Å²) in [6.45, 7) is 0. The van der Waals surface area contributed by atoms with E-state index < -0.39 is 11.2 Å². The number of hydrogen-bond donors (Lipinski definition) is 1. The maximum absolute atomic E-state index is 13.8. The molecule has 2 aromatic carbocycles. The molecule has 1 saturated carbocycles. The minimum absolute atomic E-state index is 0.175. The molecule has 0 bridgehead atoms. The van der Waals surface area contributed by atoms with Gasteiger partial charge < -0.3 is 5.32 Å². The Morgan fingerprint density at radius 2 is 1.86 bits per heavy atom. The topological polar surface area (TPSA) is 29.1 Å². The molecule has 0 aliphatic heterocycles. The van der Waals surface area contributed by atoms with Crippen LogP contribution in [0.15, 0.2) is 46.9 Å². The summed E-state index contributed by atoms with van der Waals surface area (Å²) in [6, 6.07) is 11.8. The van der Waals surface area contributed by atoms with Gasteiger partial charge in [-0.25, -0.2) is 4.39 Å². The maximum atomic E-state index is 13.8. The zero-order chi connectivity index (χ0) is 15.0. The fourth-order valence-corrected chi connectivity index (χ4v) is 2.83. The summed E-state index contributed by atoms with van der Waals surface area (Å²) in [5, 5.41) is 3.32. The van der Waals surface area contributed by atoms with Crippen molar-refractivity contribution in [2.45, 2.75) is 18.3 Å². The summed E-state index contributed by atoms with van der Waals surface area (Å²) in [7, 11) is 0. The van der Waals surface area contributed by atoms with Crippen molar-refractivity contribution in [3.05, 3.63) is 63.3 Å². The molecule has 1 aliphatic rings. The molecule has 2 aromatic rings. The second-order valence-electron chi connectivity index (χ2n) is 5.17. The molecular formula is C16H12BrClFNO. The largest absolute Gasteiger partial charge is 0.323 e. The van der Waals surface area contributed by atoms with Crippen LogP contribution >= 0.6 is 27.5 Å². The zero-order valence-corrected chi connectivity index (χ0v) is 13.3. The predicted octanol–water partition coefficient (Wildman–Crippen LogP) is 4.91. The number of hydrogen-bond acceptors (Lipinski definition) is 1. The first-order valence-corrected chi connectivity index (χ1v) is 7.71. The third-order valence-corrected chi connectivity index (χ3v) is 4.51. The van der Waals surface area contributed by atoms with Gasteiger partial charge in [0.25, 0.3) is 0 Å². The van der Waals surface area contributed by atoms with Crippen LogP contribution in [0.1, 0.15) is 18.4 Å². The van der Waals surface area contributed by atoms with Gasteiger partial charge in [0.15, 0.2) is 0 Å². The van der Waals surface area contributed by atoms with E-state index in [9.17, 15) is 9.18 Å². The Labute approximate surface area is 135 Å². The van der Waals surface area contributed by atoms with Crippen LogP contribution in [0.2, 0.25) is 5.02 Å². The van der Waals surface area contributed by atoms with Crippen molar-refractivity contribution < 1.29 is 9.18 Å². The van der Waals surface area contributed by atoms with Crippen LogP contribution in [0.5, 0.6) is 0 Å². The number of halogens is 3. The summed E-state index contributed by atoms with van der Waals surface area (Å²) in [6.07, 6.45) is 1.53. The lowest BCUT2D eigenvalue weighted by Gasteiger charge is -2.16. The summed E-state index contributed by atoms with van der Waals surface area (Å²) < 4.78 is 14.4. The number of carbonyl (C=O) groups excluding carboxylic acids is 1. The number of carbonyl (C=O) groups is 1. The first-order valence-electron chi connectivity index (χ1n) is 6.54. The summed E-state index contributed by atoms with van der Waals surface area (Å²) >= 11 is 9.07. The lowest BCUT2D eigenvalue weighted by Crippen LogP contribution is -2.28. The van der Waals surface area contributed by atoms with Gasteiger partial charge in [0.1, 0.15) is 5.82 Å². The summed E-state index contributed by atoms with van der Waals surface area (Å²) in [4.78, 5) is 12.5. The van der Waals surface area contributed by atoms with E-state index in [1.807, 2.05) is 12.1 Å². The smallest absolute Gasteiger partial charge is 0.235 e. The van der Waals surface area contributed by atoms with Crippen LogP contribution in [-0.4, -0.2) is 5.91 Å². The number of nitrogens with one attached hydrogen (secondary N) is 1. The zero-order valence-electron chi connectivity index (χ0n) is 11.0. The monoisotopic (exact) mass is 367 g/mol. The Morgan fingerprint density at radius 3 is 2.43 bits per heavy atom. The van der Waals surface area contributed by atoms with Crippen molar-refractivity contribution in [2.24, 2.45) is 0 Å². The Morgan fingerprint density at radius 1 is 1.19 bits per heavy atom. The van der Waals surface area contributed by atoms with Crippen LogP contribution in [0.4, 0.5) is 10.1 Å². The van der Waals surface area contributed by atoms with Crippen LogP contribution < -0.4 is 5.32 Å². The van der Waals surface area contributed by atoms with Gasteiger partial charge in [0.2, 0.25) is 5.91 Å². The van der Waals surface area contributed by atoms with Crippen LogP contribution in [0, 0.1) is 5.82 Å². The van der Waals surface area contributed by atoms with Gasteiger partial charge in [-0.15, -0.1) is 0 Å². The highest BCUT2D eigenvalue weighted by Crippen LogP contribution is 2.49. The Balaban J connectivity index is 1.83. The highest BCUT2D eigenvalue weighted by molar-refractivity contribution is 9.10. The van der Waals surface area contributed by atoms with E-state index in [0.29, 0.717) is 9.50 Å². The minimum atomic E-state index is -0.551. The molecule has 21 heavy (non-hydrogen) atoms. The molecule has 3 rings (SSSR count). The van der Waals surface area contributed by atoms with E-state index in [2.05, 4.69) is 21.2 Å². The molecular weight excluding hydrogens is 357 g/mol.